The van der Waals surface area contributed by atoms with E-state index >= 15 is 0 Å². The van der Waals surface area contributed by atoms with Crippen molar-refractivity contribution in [1.82, 2.24) is 5.32 Å². The minimum atomic E-state index is -0.996. The van der Waals surface area contributed by atoms with Gasteiger partial charge in [0, 0.05) is 12.0 Å². The Bertz CT molecular complexity index is 478. The standard InChI is InChI=1S/C15H19NO4/c1-9(13-14-12(20-14)8-19-13)11(16-15(17)18)7-10-5-3-2-4-6-10/h2-6,9,11-14,16H,7-8H2,1H3,(H,17,18)/t9?,11?,12-,13+,14-/m0/s1. The number of amides is 1. The van der Waals surface area contributed by atoms with Gasteiger partial charge in [-0.25, -0.2) is 4.79 Å². The molecule has 0 aliphatic carbocycles. The van der Waals surface area contributed by atoms with Crippen LogP contribution in [-0.2, 0) is 15.9 Å². The maximum absolute atomic E-state index is 11.0. The van der Waals surface area contributed by atoms with E-state index in [0.29, 0.717) is 13.0 Å². The Morgan fingerprint density at radius 1 is 1.45 bits per heavy atom. The first-order valence-electron chi connectivity index (χ1n) is 6.95. The van der Waals surface area contributed by atoms with Crippen molar-refractivity contribution in [3.63, 3.8) is 0 Å². The van der Waals surface area contributed by atoms with Crippen molar-refractivity contribution in [3.05, 3.63) is 35.9 Å². The molecule has 2 aliphatic heterocycles. The molecule has 0 saturated carbocycles. The molecule has 0 radical (unpaired) electrons. The van der Waals surface area contributed by atoms with Crippen molar-refractivity contribution >= 4 is 6.09 Å². The Balaban J connectivity index is 1.70. The van der Waals surface area contributed by atoms with Gasteiger partial charge >= 0.3 is 6.09 Å². The molecular formula is C15H19NO4. The van der Waals surface area contributed by atoms with Crippen LogP contribution in [0, 0.1) is 5.92 Å². The van der Waals surface area contributed by atoms with E-state index in [2.05, 4.69) is 5.32 Å². The molecule has 5 atom stereocenters. The van der Waals surface area contributed by atoms with Gasteiger partial charge in [0.05, 0.1) is 12.7 Å². The molecule has 2 heterocycles. The normalized spacial score (nSPS) is 30.4. The van der Waals surface area contributed by atoms with Crippen molar-refractivity contribution in [2.24, 2.45) is 5.92 Å². The third-order valence-corrected chi connectivity index (χ3v) is 4.16. The second-order valence-corrected chi connectivity index (χ2v) is 5.54. The Morgan fingerprint density at radius 3 is 2.75 bits per heavy atom. The first kappa shape index (κ1) is 13.4. The second-order valence-electron chi connectivity index (χ2n) is 5.54. The average Bonchev–Trinajstić information content (AvgIpc) is 3.09. The van der Waals surface area contributed by atoms with Crippen LogP contribution < -0.4 is 5.32 Å². The van der Waals surface area contributed by atoms with E-state index in [-0.39, 0.29) is 30.3 Å². The summed E-state index contributed by atoms with van der Waals surface area (Å²) in [7, 11) is 0. The molecule has 2 fully saturated rings. The van der Waals surface area contributed by atoms with Crippen molar-refractivity contribution in [3.8, 4) is 0 Å². The molecule has 0 spiro atoms. The smallest absolute Gasteiger partial charge is 0.404 e. The molecular weight excluding hydrogens is 258 g/mol. The molecule has 5 heteroatoms. The minimum Gasteiger partial charge on any atom is -0.465 e. The zero-order chi connectivity index (χ0) is 14.1. The summed E-state index contributed by atoms with van der Waals surface area (Å²) in [6, 6.07) is 9.72. The Kier molecular flexibility index (Phi) is 3.63. The van der Waals surface area contributed by atoms with E-state index in [1.54, 1.807) is 0 Å². The van der Waals surface area contributed by atoms with Crippen LogP contribution in [0.5, 0.6) is 0 Å². The molecule has 3 rings (SSSR count). The fourth-order valence-corrected chi connectivity index (χ4v) is 2.96. The summed E-state index contributed by atoms with van der Waals surface area (Å²) in [5, 5.41) is 11.7. The molecule has 2 N–H and O–H groups in total. The number of hydrogen-bond acceptors (Lipinski definition) is 3. The summed E-state index contributed by atoms with van der Waals surface area (Å²) in [4.78, 5) is 11.0. The number of epoxide rings is 1. The number of fused-ring (bicyclic) bond motifs is 1. The van der Waals surface area contributed by atoms with Gasteiger partial charge in [-0.1, -0.05) is 37.3 Å². The van der Waals surface area contributed by atoms with Gasteiger partial charge in [0.15, 0.2) is 0 Å². The molecule has 2 saturated heterocycles. The van der Waals surface area contributed by atoms with E-state index in [9.17, 15) is 4.79 Å². The molecule has 1 amide bonds. The van der Waals surface area contributed by atoms with Crippen LogP contribution in [0.15, 0.2) is 30.3 Å². The van der Waals surface area contributed by atoms with Gasteiger partial charge in [0.2, 0.25) is 0 Å². The molecule has 1 aromatic carbocycles. The molecule has 0 aromatic heterocycles. The predicted molar refractivity (Wildman–Crippen MR) is 72.7 cm³/mol. The van der Waals surface area contributed by atoms with Gasteiger partial charge in [-0.05, 0) is 12.0 Å². The number of carboxylic acid groups (broad SMARTS) is 1. The quantitative estimate of drug-likeness (QED) is 0.803. The lowest BCUT2D eigenvalue weighted by Crippen LogP contribution is -2.45. The van der Waals surface area contributed by atoms with Gasteiger partial charge in [0.25, 0.3) is 0 Å². The SMILES string of the molecule is CC(C(Cc1ccccc1)NC(=O)O)[C@H]1OC[C@@H]2O[C@@H]21. The van der Waals surface area contributed by atoms with E-state index in [1.165, 1.54) is 0 Å². The maximum atomic E-state index is 11.0. The van der Waals surface area contributed by atoms with Gasteiger partial charge in [0.1, 0.15) is 12.2 Å². The number of carbonyl (C=O) groups is 1. The summed E-state index contributed by atoms with van der Waals surface area (Å²) >= 11 is 0. The first-order valence-corrected chi connectivity index (χ1v) is 6.95. The maximum Gasteiger partial charge on any atom is 0.404 e. The molecule has 0 bridgehead atoms. The van der Waals surface area contributed by atoms with Crippen LogP contribution in [-0.4, -0.2) is 42.2 Å². The lowest BCUT2D eigenvalue weighted by molar-refractivity contribution is -0.0106. The lowest BCUT2D eigenvalue weighted by Gasteiger charge is -2.28. The lowest BCUT2D eigenvalue weighted by atomic mass is 9.89. The fraction of sp³-hybridized carbons (Fsp3) is 0.533. The van der Waals surface area contributed by atoms with Crippen molar-refractivity contribution in [2.75, 3.05) is 6.61 Å². The van der Waals surface area contributed by atoms with E-state index in [0.717, 1.165) is 5.56 Å². The Morgan fingerprint density at radius 2 is 2.20 bits per heavy atom. The number of hydrogen-bond donors (Lipinski definition) is 2. The average molecular weight is 277 g/mol. The van der Waals surface area contributed by atoms with Crippen molar-refractivity contribution in [1.29, 1.82) is 0 Å². The number of benzene rings is 1. The van der Waals surface area contributed by atoms with Crippen LogP contribution in [0.3, 0.4) is 0 Å². The highest BCUT2D eigenvalue weighted by molar-refractivity contribution is 5.65. The molecule has 2 aliphatic rings. The second kappa shape index (κ2) is 5.42. The molecule has 5 nitrogen and oxygen atoms in total. The van der Waals surface area contributed by atoms with Gasteiger partial charge in [-0.2, -0.15) is 0 Å². The van der Waals surface area contributed by atoms with Crippen LogP contribution in [0.25, 0.3) is 0 Å². The van der Waals surface area contributed by atoms with Gasteiger partial charge in [-0.3, -0.25) is 0 Å². The highest BCUT2D eigenvalue weighted by Gasteiger charge is 2.54. The molecule has 2 unspecified atom stereocenters. The highest BCUT2D eigenvalue weighted by atomic mass is 16.7. The van der Waals surface area contributed by atoms with E-state index < -0.39 is 6.09 Å². The third kappa shape index (κ3) is 2.78. The molecule has 1 aromatic rings. The largest absolute Gasteiger partial charge is 0.465 e. The molecule has 20 heavy (non-hydrogen) atoms. The van der Waals surface area contributed by atoms with E-state index in [1.807, 2.05) is 37.3 Å². The number of rotatable bonds is 5. The molecule has 108 valence electrons. The third-order valence-electron chi connectivity index (χ3n) is 4.16. The zero-order valence-electron chi connectivity index (χ0n) is 11.4. The van der Waals surface area contributed by atoms with Crippen LogP contribution in [0.1, 0.15) is 12.5 Å². The summed E-state index contributed by atoms with van der Waals surface area (Å²) in [5.41, 5.74) is 1.12. The predicted octanol–water partition coefficient (Wildman–Crippen LogP) is 1.67. The van der Waals surface area contributed by atoms with Crippen LogP contribution >= 0.6 is 0 Å². The Hall–Kier alpha value is -1.59. The minimum absolute atomic E-state index is 0.0134. The fourth-order valence-electron chi connectivity index (χ4n) is 2.96. The van der Waals surface area contributed by atoms with E-state index in [4.69, 9.17) is 14.6 Å². The van der Waals surface area contributed by atoms with Crippen LogP contribution in [0.4, 0.5) is 4.79 Å². The monoisotopic (exact) mass is 277 g/mol. The highest BCUT2D eigenvalue weighted by Crippen LogP contribution is 2.38. The van der Waals surface area contributed by atoms with Crippen molar-refractivity contribution < 1.29 is 19.4 Å². The Labute approximate surface area is 117 Å². The summed E-state index contributed by atoms with van der Waals surface area (Å²) in [5.74, 6) is 0.0730. The summed E-state index contributed by atoms with van der Waals surface area (Å²) in [6.07, 6.45) is 0.0269. The summed E-state index contributed by atoms with van der Waals surface area (Å²) < 4.78 is 11.2. The van der Waals surface area contributed by atoms with Gasteiger partial charge < -0.3 is 19.9 Å². The van der Waals surface area contributed by atoms with Gasteiger partial charge in [-0.15, -0.1) is 0 Å². The zero-order valence-corrected chi connectivity index (χ0v) is 11.4. The number of ether oxygens (including phenoxy) is 2. The van der Waals surface area contributed by atoms with Crippen LogP contribution in [0.2, 0.25) is 0 Å². The summed E-state index contributed by atoms with van der Waals surface area (Å²) in [6.45, 7) is 2.66. The number of nitrogens with one attached hydrogen (secondary N) is 1. The first-order chi connectivity index (χ1) is 9.65. The van der Waals surface area contributed by atoms with Crippen molar-refractivity contribution in [2.45, 2.75) is 37.7 Å². The topological polar surface area (TPSA) is 71.1 Å².